The molecule has 0 spiro atoms. The first-order valence-corrected chi connectivity index (χ1v) is 5.79. The minimum absolute atomic E-state index is 0.473. The number of para-hydroxylation sites is 1. The molecular weight excluding hydrogens is 242 g/mol. The van der Waals surface area contributed by atoms with Crippen LogP contribution in [-0.4, -0.2) is 19.6 Å². The van der Waals surface area contributed by atoms with Gasteiger partial charge < -0.3 is 10.7 Å². The third-order valence-electron chi connectivity index (χ3n) is 2.62. The quantitative estimate of drug-likeness (QED) is 0.484. The van der Waals surface area contributed by atoms with Crippen LogP contribution in [0.15, 0.2) is 36.4 Å². The summed E-state index contributed by atoms with van der Waals surface area (Å²) in [5.41, 5.74) is 4.31. The van der Waals surface area contributed by atoms with Gasteiger partial charge in [-0.2, -0.15) is 9.50 Å². The molecule has 3 aromatic rings. The van der Waals surface area contributed by atoms with E-state index in [-0.39, 0.29) is 0 Å². The Morgan fingerprint density at radius 1 is 1.16 bits per heavy atom. The normalized spacial score (nSPS) is 10.6. The molecule has 2 aromatic heterocycles. The lowest BCUT2D eigenvalue weighted by atomic mass is 10.3. The highest BCUT2D eigenvalue weighted by Gasteiger charge is 2.09. The van der Waals surface area contributed by atoms with Crippen molar-refractivity contribution in [3.05, 3.63) is 42.1 Å². The molecule has 0 atom stereocenters. The van der Waals surface area contributed by atoms with Gasteiger partial charge in [0.05, 0.1) is 0 Å². The second-order valence-electron chi connectivity index (χ2n) is 4.07. The molecule has 4 N–H and O–H groups in total. The maximum absolute atomic E-state index is 5.46. The molecule has 0 aliphatic carbocycles. The molecule has 0 aliphatic rings. The van der Waals surface area contributed by atoms with E-state index in [1.54, 1.807) is 10.6 Å². The maximum atomic E-state index is 5.46. The van der Waals surface area contributed by atoms with Crippen molar-refractivity contribution in [3.8, 4) is 0 Å². The van der Waals surface area contributed by atoms with Gasteiger partial charge in [-0.05, 0) is 19.1 Å². The van der Waals surface area contributed by atoms with Crippen molar-refractivity contribution >= 4 is 23.2 Å². The standard InChI is InChI=1S/C12H13N7/c1-8-7-10(17-13)19-12(14-8)16-11(18-19)15-9-5-3-2-4-6-9/h2-7,17H,13H2,1H3,(H,15,18). The number of hydrogen-bond acceptors (Lipinski definition) is 6. The predicted molar refractivity (Wildman–Crippen MR) is 73.1 cm³/mol. The summed E-state index contributed by atoms with van der Waals surface area (Å²) in [6, 6.07) is 11.5. The molecule has 96 valence electrons. The smallest absolute Gasteiger partial charge is 0.256 e. The van der Waals surface area contributed by atoms with E-state index in [4.69, 9.17) is 5.84 Å². The van der Waals surface area contributed by atoms with Crippen molar-refractivity contribution in [2.24, 2.45) is 5.84 Å². The number of hydrogen-bond donors (Lipinski definition) is 3. The number of fused-ring (bicyclic) bond motifs is 1. The van der Waals surface area contributed by atoms with Crippen LogP contribution >= 0.6 is 0 Å². The first-order valence-electron chi connectivity index (χ1n) is 5.79. The van der Waals surface area contributed by atoms with E-state index >= 15 is 0 Å². The number of aromatic nitrogens is 4. The number of benzene rings is 1. The fraction of sp³-hybridized carbons (Fsp3) is 0.0833. The van der Waals surface area contributed by atoms with E-state index in [2.05, 4.69) is 25.8 Å². The molecule has 19 heavy (non-hydrogen) atoms. The zero-order valence-corrected chi connectivity index (χ0v) is 10.3. The minimum Gasteiger partial charge on any atom is -0.323 e. The van der Waals surface area contributed by atoms with Crippen LogP contribution < -0.4 is 16.6 Å². The maximum Gasteiger partial charge on any atom is 0.256 e. The predicted octanol–water partition coefficient (Wildman–Crippen LogP) is 1.46. The Morgan fingerprint density at radius 3 is 2.68 bits per heavy atom. The average molecular weight is 255 g/mol. The third kappa shape index (κ3) is 2.18. The molecule has 2 heterocycles. The van der Waals surface area contributed by atoms with Crippen molar-refractivity contribution in [1.82, 2.24) is 19.6 Å². The van der Waals surface area contributed by atoms with Gasteiger partial charge in [-0.3, -0.25) is 0 Å². The van der Waals surface area contributed by atoms with Crippen molar-refractivity contribution < 1.29 is 0 Å². The number of anilines is 3. The number of nitrogens with zero attached hydrogens (tertiary/aromatic N) is 4. The van der Waals surface area contributed by atoms with E-state index in [0.717, 1.165) is 11.4 Å². The van der Waals surface area contributed by atoms with Crippen LogP contribution in [0.5, 0.6) is 0 Å². The van der Waals surface area contributed by atoms with Crippen LogP contribution in [0, 0.1) is 6.92 Å². The van der Waals surface area contributed by atoms with Gasteiger partial charge >= 0.3 is 0 Å². The van der Waals surface area contributed by atoms with Gasteiger partial charge in [0, 0.05) is 17.4 Å². The molecule has 3 rings (SSSR count). The molecule has 0 saturated carbocycles. The van der Waals surface area contributed by atoms with Crippen molar-refractivity contribution in [1.29, 1.82) is 0 Å². The topological polar surface area (TPSA) is 93.2 Å². The summed E-state index contributed by atoms with van der Waals surface area (Å²) in [6.07, 6.45) is 0. The summed E-state index contributed by atoms with van der Waals surface area (Å²) in [7, 11) is 0. The van der Waals surface area contributed by atoms with E-state index in [1.165, 1.54) is 0 Å². The lowest BCUT2D eigenvalue weighted by Gasteiger charge is -2.02. The van der Waals surface area contributed by atoms with Gasteiger partial charge in [0.25, 0.3) is 5.78 Å². The van der Waals surface area contributed by atoms with Crippen LogP contribution in [0.25, 0.3) is 5.78 Å². The minimum atomic E-state index is 0.473. The molecule has 0 fully saturated rings. The summed E-state index contributed by atoms with van der Waals surface area (Å²) in [4.78, 5) is 8.61. The number of nitrogens with two attached hydrogens (primary N) is 1. The van der Waals surface area contributed by atoms with Crippen LogP contribution in [0.2, 0.25) is 0 Å². The number of nitrogen functional groups attached to an aromatic ring is 1. The van der Waals surface area contributed by atoms with Crippen LogP contribution in [0.1, 0.15) is 5.69 Å². The van der Waals surface area contributed by atoms with E-state index in [9.17, 15) is 0 Å². The highest BCUT2D eigenvalue weighted by atomic mass is 15.4. The van der Waals surface area contributed by atoms with Crippen LogP contribution in [-0.2, 0) is 0 Å². The lowest BCUT2D eigenvalue weighted by Crippen LogP contribution is -2.12. The molecular formula is C12H13N7. The first kappa shape index (κ1) is 11.4. The lowest BCUT2D eigenvalue weighted by molar-refractivity contribution is 0.929. The zero-order valence-electron chi connectivity index (χ0n) is 10.3. The summed E-state index contributed by atoms with van der Waals surface area (Å²) in [5, 5.41) is 7.42. The van der Waals surface area contributed by atoms with E-state index in [1.807, 2.05) is 37.3 Å². The highest BCUT2D eigenvalue weighted by Crippen LogP contribution is 2.15. The Kier molecular flexibility index (Phi) is 2.73. The Balaban J connectivity index is 2.02. The molecule has 0 saturated heterocycles. The summed E-state index contributed by atoms with van der Waals surface area (Å²) in [5.74, 6) is 7.06. The van der Waals surface area contributed by atoms with Gasteiger partial charge in [-0.1, -0.05) is 18.2 Å². The van der Waals surface area contributed by atoms with Gasteiger partial charge in [-0.15, -0.1) is 5.10 Å². The molecule has 0 unspecified atom stereocenters. The molecule has 0 radical (unpaired) electrons. The molecule has 1 aromatic carbocycles. The summed E-state index contributed by atoms with van der Waals surface area (Å²) in [6.45, 7) is 1.87. The van der Waals surface area contributed by atoms with E-state index < -0.39 is 0 Å². The Bertz CT molecular complexity index is 705. The largest absolute Gasteiger partial charge is 0.323 e. The fourth-order valence-corrected chi connectivity index (χ4v) is 1.79. The molecule has 0 bridgehead atoms. The number of hydrazine groups is 1. The van der Waals surface area contributed by atoms with Crippen LogP contribution in [0.3, 0.4) is 0 Å². The fourth-order valence-electron chi connectivity index (χ4n) is 1.79. The van der Waals surface area contributed by atoms with Gasteiger partial charge in [-0.25, -0.2) is 10.8 Å². The SMILES string of the molecule is Cc1cc(NN)n2nc(Nc3ccccc3)nc2n1. The van der Waals surface area contributed by atoms with Gasteiger partial charge in [0.15, 0.2) is 0 Å². The van der Waals surface area contributed by atoms with Gasteiger partial charge in [0.1, 0.15) is 5.82 Å². The summed E-state index contributed by atoms with van der Waals surface area (Å²) >= 11 is 0. The number of nitrogens with one attached hydrogen (secondary N) is 2. The summed E-state index contributed by atoms with van der Waals surface area (Å²) < 4.78 is 1.55. The Labute approximate surface area is 109 Å². The second kappa shape index (κ2) is 4.54. The Hall–Kier alpha value is -2.67. The average Bonchev–Trinajstić information content (AvgIpc) is 2.81. The van der Waals surface area contributed by atoms with E-state index in [0.29, 0.717) is 17.5 Å². The van der Waals surface area contributed by atoms with Crippen molar-refractivity contribution in [2.45, 2.75) is 6.92 Å². The second-order valence-corrected chi connectivity index (χ2v) is 4.07. The van der Waals surface area contributed by atoms with Crippen molar-refractivity contribution in [3.63, 3.8) is 0 Å². The number of aryl methyl sites for hydroxylation is 1. The zero-order chi connectivity index (χ0) is 13.2. The monoisotopic (exact) mass is 255 g/mol. The molecule has 7 nitrogen and oxygen atoms in total. The molecule has 7 heteroatoms. The van der Waals surface area contributed by atoms with Crippen molar-refractivity contribution in [2.75, 3.05) is 10.7 Å². The molecule has 0 amide bonds. The highest BCUT2D eigenvalue weighted by molar-refractivity contribution is 5.55. The van der Waals surface area contributed by atoms with Crippen LogP contribution in [0.4, 0.5) is 17.5 Å². The Morgan fingerprint density at radius 2 is 1.95 bits per heavy atom. The first-order chi connectivity index (χ1) is 9.26. The third-order valence-corrected chi connectivity index (χ3v) is 2.62. The van der Waals surface area contributed by atoms with Gasteiger partial charge in [0.2, 0.25) is 5.95 Å². The molecule has 0 aliphatic heterocycles. The number of rotatable bonds is 3.